The monoisotopic (exact) mass is 292 g/mol. The Morgan fingerprint density at radius 2 is 1.56 bits per heavy atom. The van der Waals surface area contributed by atoms with Crippen molar-refractivity contribution < 1.29 is 32.1 Å². The van der Waals surface area contributed by atoms with Crippen LogP contribution in [0.2, 0.25) is 0 Å². The Morgan fingerprint density at radius 3 is 2.06 bits per heavy atom. The van der Waals surface area contributed by atoms with Crippen LogP contribution in [0.4, 0.5) is 4.79 Å². The first kappa shape index (κ1) is 17.0. The maximum absolute atomic E-state index is 8.56. The predicted molar refractivity (Wildman–Crippen MR) is 66.2 cm³/mol. The maximum Gasteiger partial charge on any atom is 0.503 e. The summed E-state index contributed by atoms with van der Waals surface area (Å²) in [5, 5.41) is 13.9. The number of hydrogen-bond donors (Lipinski definition) is 2. The van der Waals surface area contributed by atoms with Gasteiger partial charge in [-0.1, -0.05) is 36.8 Å². The SMILES string of the molecule is O=C(O)O.[Mn].c1ccc(CN2CCCCC2)cc1. The minimum absolute atomic E-state index is 0. The van der Waals surface area contributed by atoms with Gasteiger partial charge in [0.2, 0.25) is 0 Å². The molecule has 2 N–H and O–H groups in total. The van der Waals surface area contributed by atoms with Gasteiger partial charge < -0.3 is 10.2 Å². The van der Waals surface area contributed by atoms with Crippen molar-refractivity contribution in [2.75, 3.05) is 13.1 Å². The van der Waals surface area contributed by atoms with Gasteiger partial charge in [-0.25, -0.2) is 4.79 Å². The Labute approximate surface area is 118 Å². The molecule has 0 saturated carbocycles. The van der Waals surface area contributed by atoms with E-state index in [1.807, 2.05) is 0 Å². The molecule has 1 aliphatic rings. The molecule has 0 atom stereocenters. The van der Waals surface area contributed by atoms with Crippen molar-refractivity contribution in [3.8, 4) is 0 Å². The Hall–Kier alpha value is -1.03. The van der Waals surface area contributed by atoms with Crippen LogP contribution in [-0.4, -0.2) is 34.4 Å². The molecular weight excluding hydrogens is 273 g/mol. The van der Waals surface area contributed by atoms with Gasteiger partial charge in [0, 0.05) is 23.6 Å². The summed E-state index contributed by atoms with van der Waals surface area (Å²) in [6, 6.07) is 10.8. The number of piperidine rings is 1. The van der Waals surface area contributed by atoms with Crippen LogP contribution in [0.5, 0.6) is 0 Å². The topological polar surface area (TPSA) is 60.8 Å². The van der Waals surface area contributed by atoms with Gasteiger partial charge in [0.05, 0.1) is 0 Å². The van der Waals surface area contributed by atoms with Gasteiger partial charge in [-0.05, 0) is 31.5 Å². The number of benzene rings is 1. The second-order valence-corrected chi connectivity index (χ2v) is 4.10. The Kier molecular flexibility index (Phi) is 9.38. The second-order valence-electron chi connectivity index (χ2n) is 4.10. The quantitative estimate of drug-likeness (QED) is 0.823. The minimum Gasteiger partial charge on any atom is -0.450 e. The molecule has 1 saturated heterocycles. The number of nitrogens with zero attached hydrogens (tertiary/aromatic N) is 1. The molecular formula is C13H19MnNO3. The molecule has 1 heterocycles. The van der Waals surface area contributed by atoms with Gasteiger partial charge in [-0.15, -0.1) is 0 Å². The number of carbonyl (C=O) groups is 1. The van der Waals surface area contributed by atoms with Gasteiger partial charge in [0.25, 0.3) is 0 Å². The number of likely N-dealkylation sites (tertiary alicyclic amines) is 1. The van der Waals surface area contributed by atoms with Crippen LogP contribution < -0.4 is 0 Å². The van der Waals surface area contributed by atoms with E-state index in [9.17, 15) is 0 Å². The average molecular weight is 292 g/mol. The number of carboxylic acid groups (broad SMARTS) is 2. The summed E-state index contributed by atoms with van der Waals surface area (Å²) in [6.07, 6.45) is 2.35. The minimum atomic E-state index is -1.83. The number of rotatable bonds is 2. The van der Waals surface area contributed by atoms with E-state index in [0.29, 0.717) is 0 Å². The zero-order chi connectivity index (χ0) is 12.5. The zero-order valence-corrected chi connectivity index (χ0v) is 11.4. The number of hydrogen-bond acceptors (Lipinski definition) is 2. The van der Waals surface area contributed by atoms with Crippen LogP contribution in [0.1, 0.15) is 24.8 Å². The summed E-state index contributed by atoms with van der Waals surface area (Å²) in [5.41, 5.74) is 1.45. The molecule has 1 aromatic carbocycles. The van der Waals surface area contributed by atoms with Crippen molar-refractivity contribution in [2.24, 2.45) is 0 Å². The van der Waals surface area contributed by atoms with Crippen LogP contribution in [0.25, 0.3) is 0 Å². The fourth-order valence-corrected chi connectivity index (χ4v) is 1.96. The second kappa shape index (κ2) is 9.94. The third kappa shape index (κ3) is 8.12. The molecule has 0 unspecified atom stereocenters. The molecule has 1 radical (unpaired) electrons. The molecule has 5 heteroatoms. The van der Waals surface area contributed by atoms with Crippen LogP contribution in [0.15, 0.2) is 30.3 Å². The van der Waals surface area contributed by atoms with Gasteiger partial charge in [-0.2, -0.15) is 0 Å². The smallest absolute Gasteiger partial charge is 0.450 e. The summed E-state index contributed by atoms with van der Waals surface area (Å²) >= 11 is 0. The van der Waals surface area contributed by atoms with E-state index in [-0.39, 0.29) is 17.1 Å². The van der Waals surface area contributed by atoms with E-state index in [1.54, 1.807) is 0 Å². The average Bonchev–Trinajstić information content (AvgIpc) is 2.31. The fourth-order valence-electron chi connectivity index (χ4n) is 1.96. The summed E-state index contributed by atoms with van der Waals surface area (Å²) < 4.78 is 0. The molecule has 0 spiro atoms. The van der Waals surface area contributed by atoms with Gasteiger partial charge in [-0.3, -0.25) is 4.90 Å². The summed E-state index contributed by atoms with van der Waals surface area (Å²) in [6.45, 7) is 3.71. The van der Waals surface area contributed by atoms with Gasteiger partial charge >= 0.3 is 6.16 Å². The van der Waals surface area contributed by atoms with Crippen LogP contribution in [0.3, 0.4) is 0 Å². The maximum atomic E-state index is 8.56. The summed E-state index contributed by atoms with van der Waals surface area (Å²) in [5.74, 6) is 0. The first-order valence-corrected chi connectivity index (χ1v) is 5.86. The van der Waals surface area contributed by atoms with Crippen LogP contribution >= 0.6 is 0 Å². The van der Waals surface area contributed by atoms with Gasteiger partial charge in [0.1, 0.15) is 0 Å². The third-order valence-corrected chi connectivity index (χ3v) is 2.70. The molecule has 1 aliphatic heterocycles. The standard InChI is InChI=1S/C12H17N.CH2O3.Mn/c1-3-7-12(8-4-1)11-13-9-5-2-6-10-13;2-1(3)4;/h1,3-4,7-8H,2,5-6,9-11H2;(H2,2,3,4);. The van der Waals surface area contributed by atoms with E-state index < -0.39 is 6.16 Å². The van der Waals surface area contributed by atoms with Crippen molar-refractivity contribution in [3.05, 3.63) is 35.9 Å². The molecule has 18 heavy (non-hydrogen) atoms. The summed E-state index contributed by atoms with van der Waals surface area (Å²) in [7, 11) is 0. The first-order chi connectivity index (χ1) is 8.18. The Balaban J connectivity index is 0.000000512. The van der Waals surface area contributed by atoms with Crippen molar-refractivity contribution in [3.63, 3.8) is 0 Å². The molecule has 1 fully saturated rings. The first-order valence-electron chi connectivity index (χ1n) is 5.86. The van der Waals surface area contributed by atoms with E-state index in [0.717, 1.165) is 6.54 Å². The van der Waals surface area contributed by atoms with E-state index in [1.165, 1.54) is 37.9 Å². The molecule has 0 aromatic heterocycles. The van der Waals surface area contributed by atoms with Crippen molar-refractivity contribution in [1.29, 1.82) is 0 Å². The van der Waals surface area contributed by atoms with Crippen LogP contribution in [0, 0.1) is 0 Å². The van der Waals surface area contributed by atoms with E-state index in [2.05, 4.69) is 35.2 Å². The Bertz CT molecular complexity index is 322. The molecule has 0 amide bonds. The molecule has 2 rings (SSSR count). The van der Waals surface area contributed by atoms with E-state index in [4.69, 9.17) is 15.0 Å². The molecule has 1 aromatic rings. The van der Waals surface area contributed by atoms with Gasteiger partial charge in [0.15, 0.2) is 0 Å². The molecule has 101 valence electrons. The predicted octanol–water partition coefficient (Wildman–Crippen LogP) is 2.89. The molecule has 0 aliphatic carbocycles. The largest absolute Gasteiger partial charge is 0.503 e. The third-order valence-electron chi connectivity index (χ3n) is 2.70. The van der Waals surface area contributed by atoms with Crippen molar-refractivity contribution >= 4 is 6.16 Å². The molecule has 0 bridgehead atoms. The van der Waals surface area contributed by atoms with Crippen LogP contribution in [-0.2, 0) is 23.6 Å². The summed E-state index contributed by atoms with van der Waals surface area (Å²) in [4.78, 5) is 11.1. The van der Waals surface area contributed by atoms with Crippen molar-refractivity contribution in [2.45, 2.75) is 25.8 Å². The van der Waals surface area contributed by atoms with Crippen molar-refractivity contribution in [1.82, 2.24) is 4.90 Å². The normalized spacial score (nSPS) is 14.9. The molecule has 4 nitrogen and oxygen atoms in total. The van der Waals surface area contributed by atoms with E-state index >= 15 is 0 Å². The Morgan fingerprint density at radius 1 is 1.06 bits per heavy atom. The zero-order valence-electron chi connectivity index (χ0n) is 10.3. The fraction of sp³-hybridized carbons (Fsp3) is 0.462.